The molecule has 45 heavy (non-hydrogen) atoms. The summed E-state index contributed by atoms with van der Waals surface area (Å²) in [5.41, 5.74) is 0.789. The van der Waals surface area contributed by atoms with Crippen LogP contribution in [-0.2, 0) is 32.6 Å². The molecule has 0 aromatic heterocycles. The first kappa shape index (κ1) is 33.4. The number of rotatable bonds is 13. The number of nitrogens with one attached hydrogen (secondary N) is 1. The third-order valence-electron chi connectivity index (χ3n) is 6.92. The predicted octanol–water partition coefficient (Wildman–Crippen LogP) is 5.87. The Kier molecular flexibility index (Phi) is 11.2. The Bertz CT molecular complexity index is 1780. The number of nitrogens with zero attached hydrogens (tertiary/aromatic N) is 3. The van der Waals surface area contributed by atoms with Crippen LogP contribution in [-0.4, -0.2) is 49.2 Å². The summed E-state index contributed by atoms with van der Waals surface area (Å²) in [7, 11) is -4.41. The zero-order valence-electron chi connectivity index (χ0n) is 24.2. The second kappa shape index (κ2) is 15.0. The molecule has 0 aliphatic carbocycles. The van der Waals surface area contributed by atoms with Gasteiger partial charge in [-0.2, -0.15) is 0 Å². The molecule has 0 saturated carbocycles. The van der Waals surface area contributed by atoms with E-state index in [-0.39, 0.29) is 40.8 Å². The van der Waals surface area contributed by atoms with Gasteiger partial charge >= 0.3 is 0 Å². The van der Waals surface area contributed by atoms with Crippen LogP contribution in [0.1, 0.15) is 18.1 Å². The molecule has 2 amide bonds. The van der Waals surface area contributed by atoms with Crippen molar-refractivity contribution in [2.75, 3.05) is 17.4 Å². The van der Waals surface area contributed by atoms with E-state index in [1.54, 1.807) is 25.1 Å². The van der Waals surface area contributed by atoms with E-state index in [9.17, 15) is 28.1 Å². The van der Waals surface area contributed by atoms with Gasteiger partial charge in [-0.1, -0.05) is 83.9 Å². The molecule has 0 aliphatic heterocycles. The van der Waals surface area contributed by atoms with Crippen LogP contribution in [0, 0.1) is 10.1 Å². The van der Waals surface area contributed by atoms with Gasteiger partial charge in [0.25, 0.3) is 15.7 Å². The van der Waals surface area contributed by atoms with Crippen LogP contribution in [0.25, 0.3) is 0 Å². The van der Waals surface area contributed by atoms with Crippen molar-refractivity contribution in [3.8, 4) is 0 Å². The highest BCUT2D eigenvalue weighted by molar-refractivity contribution is 7.92. The molecule has 0 saturated heterocycles. The molecule has 4 aromatic rings. The number of nitro benzene ring substituents is 1. The largest absolute Gasteiger partial charge is 0.355 e. The van der Waals surface area contributed by atoms with E-state index in [1.807, 2.05) is 30.3 Å². The number of non-ortho nitro benzene ring substituents is 1. The number of carbonyl (C=O) groups is 2. The van der Waals surface area contributed by atoms with Crippen LogP contribution >= 0.6 is 23.2 Å². The summed E-state index contributed by atoms with van der Waals surface area (Å²) in [6.07, 6.45) is 0.117. The normalized spacial score (nSPS) is 11.8. The first-order chi connectivity index (χ1) is 21.5. The molecule has 13 heteroatoms. The average Bonchev–Trinajstić information content (AvgIpc) is 3.03. The van der Waals surface area contributed by atoms with Gasteiger partial charge in [0.05, 0.1) is 15.5 Å². The fourth-order valence-electron chi connectivity index (χ4n) is 4.69. The van der Waals surface area contributed by atoms with Crippen molar-refractivity contribution in [1.29, 1.82) is 0 Å². The molecule has 0 fully saturated rings. The van der Waals surface area contributed by atoms with E-state index in [4.69, 9.17) is 23.2 Å². The Hall–Kier alpha value is -4.45. The smallest absolute Gasteiger partial charge is 0.271 e. The third kappa shape index (κ3) is 8.39. The first-order valence-corrected chi connectivity index (χ1v) is 16.1. The maximum Gasteiger partial charge on any atom is 0.271 e. The number of anilines is 1. The number of likely N-dealkylation sites (N-methyl/N-ethyl adjacent to an activating group) is 1. The highest BCUT2D eigenvalue weighted by Gasteiger charge is 2.35. The fraction of sp³-hybridized carbons (Fsp3) is 0.188. The zero-order valence-corrected chi connectivity index (χ0v) is 26.5. The maximum absolute atomic E-state index is 14.4. The van der Waals surface area contributed by atoms with Gasteiger partial charge < -0.3 is 10.2 Å². The predicted molar refractivity (Wildman–Crippen MR) is 174 cm³/mol. The lowest BCUT2D eigenvalue weighted by Crippen LogP contribution is -2.53. The van der Waals surface area contributed by atoms with Gasteiger partial charge in [0, 0.05) is 41.7 Å². The lowest BCUT2D eigenvalue weighted by atomic mass is 10.0. The summed E-state index contributed by atoms with van der Waals surface area (Å²) in [5.74, 6) is -1.19. The van der Waals surface area contributed by atoms with E-state index in [0.29, 0.717) is 10.6 Å². The van der Waals surface area contributed by atoms with Crippen molar-refractivity contribution in [3.63, 3.8) is 0 Å². The Morgan fingerprint density at radius 3 is 2.20 bits per heavy atom. The van der Waals surface area contributed by atoms with Gasteiger partial charge in [0.2, 0.25) is 11.8 Å². The lowest BCUT2D eigenvalue weighted by molar-refractivity contribution is -0.384. The molecule has 1 atom stereocenters. The summed E-state index contributed by atoms with van der Waals surface area (Å²) >= 11 is 12.6. The highest BCUT2D eigenvalue weighted by Crippen LogP contribution is 2.29. The van der Waals surface area contributed by atoms with Gasteiger partial charge in [-0.25, -0.2) is 8.42 Å². The minimum atomic E-state index is -4.41. The Labute approximate surface area is 271 Å². The minimum absolute atomic E-state index is 0.0940. The fourth-order valence-corrected chi connectivity index (χ4v) is 6.58. The van der Waals surface area contributed by atoms with Gasteiger partial charge in [-0.05, 0) is 48.4 Å². The maximum atomic E-state index is 14.4. The van der Waals surface area contributed by atoms with Crippen LogP contribution in [0.15, 0.2) is 108 Å². The van der Waals surface area contributed by atoms with Crippen molar-refractivity contribution in [3.05, 3.63) is 134 Å². The molecule has 0 bridgehead atoms. The van der Waals surface area contributed by atoms with Gasteiger partial charge in [-0.3, -0.25) is 24.0 Å². The van der Waals surface area contributed by atoms with Crippen LogP contribution in [0.3, 0.4) is 0 Å². The number of hydrogen-bond donors (Lipinski definition) is 1. The van der Waals surface area contributed by atoms with E-state index in [2.05, 4.69) is 5.32 Å². The topological polar surface area (TPSA) is 130 Å². The molecule has 0 aliphatic rings. The SMILES string of the molecule is CCNC(=O)C(Cc1ccccc1)N(Cc1ccc(Cl)cc1Cl)C(=O)CN(c1cccc([N+](=O)[O-])c1)S(=O)(=O)c1ccccc1. The van der Waals surface area contributed by atoms with Crippen LogP contribution in [0.4, 0.5) is 11.4 Å². The van der Waals surface area contributed by atoms with Gasteiger partial charge in [0.1, 0.15) is 12.6 Å². The van der Waals surface area contributed by atoms with E-state index in [0.717, 1.165) is 15.9 Å². The number of hydrogen-bond acceptors (Lipinski definition) is 6. The van der Waals surface area contributed by atoms with Crippen LogP contribution < -0.4 is 9.62 Å². The molecular weight excluding hydrogens is 639 g/mol. The minimum Gasteiger partial charge on any atom is -0.355 e. The van der Waals surface area contributed by atoms with Crippen LogP contribution in [0.2, 0.25) is 10.0 Å². The zero-order chi connectivity index (χ0) is 32.6. The van der Waals surface area contributed by atoms with Crippen molar-refractivity contribution in [1.82, 2.24) is 10.2 Å². The third-order valence-corrected chi connectivity index (χ3v) is 9.29. The molecule has 4 aromatic carbocycles. The van der Waals surface area contributed by atoms with Crippen molar-refractivity contribution < 1.29 is 22.9 Å². The average molecular weight is 670 g/mol. The summed E-state index contributed by atoms with van der Waals surface area (Å²) in [6, 6.07) is 25.2. The number of halogens is 2. The number of carbonyl (C=O) groups excluding carboxylic acids is 2. The van der Waals surface area contributed by atoms with Crippen molar-refractivity contribution in [2.45, 2.75) is 30.8 Å². The van der Waals surface area contributed by atoms with E-state index < -0.39 is 39.3 Å². The lowest BCUT2D eigenvalue weighted by Gasteiger charge is -2.34. The summed E-state index contributed by atoms with van der Waals surface area (Å²) in [5, 5.41) is 15.0. The number of amides is 2. The second-order valence-corrected chi connectivity index (χ2v) is 12.7. The molecule has 4 rings (SSSR count). The monoisotopic (exact) mass is 668 g/mol. The van der Waals surface area contributed by atoms with E-state index in [1.165, 1.54) is 53.4 Å². The quantitative estimate of drug-likeness (QED) is 0.140. The highest BCUT2D eigenvalue weighted by atomic mass is 35.5. The molecule has 1 N–H and O–H groups in total. The summed E-state index contributed by atoms with van der Waals surface area (Å²) in [6.45, 7) is 1.11. The molecular formula is C32H30Cl2N4O6S. The van der Waals surface area contributed by atoms with Crippen molar-refractivity contribution >= 4 is 56.4 Å². The molecule has 234 valence electrons. The van der Waals surface area contributed by atoms with Crippen molar-refractivity contribution in [2.24, 2.45) is 0 Å². The first-order valence-electron chi connectivity index (χ1n) is 13.9. The van der Waals surface area contributed by atoms with Gasteiger partial charge in [0.15, 0.2) is 0 Å². The standard InChI is InChI=1S/C32H30Cl2N4O6S/c1-2-35-32(40)30(18-23-10-5-3-6-11-23)36(21-24-16-17-25(33)19-29(24)34)31(39)22-37(26-12-9-13-27(20-26)38(41)42)45(43,44)28-14-7-4-8-15-28/h3-17,19-20,30H,2,18,21-22H2,1H3,(H,35,40). The molecule has 1 unspecified atom stereocenters. The summed E-state index contributed by atoms with van der Waals surface area (Å²) in [4.78, 5) is 40.0. The summed E-state index contributed by atoms with van der Waals surface area (Å²) < 4.78 is 28.8. The Morgan fingerprint density at radius 2 is 1.58 bits per heavy atom. The van der Waals surface area contributed by atoms with Gasteiger partial charge in [-0.15, -0.1) is 0 Å². The second-order valence-electron chi connectivity index (χ2n) is 9.96. The van der Waals surface area contributed by atoms with E-state index >= 15 is 0 Å². The molecule has 0 spiro atoms. The Morgan fingerprint density at radius 1 is 0.911 bits per heavy atom. The Balaban J connectivity index is 1.84. The number of benzene rings is 4. The molecule has 0 radical (unpaired) electrons. The molecule has 10 nitrogen and oxygen atoms in total. The molecule has 0 heterocycles. The number of sulfonamides is 1. The van der Waals surface area contributed by atoms with Crippen LogP contribution in [0.5, 0.6) is 0 Å². The number of nitro groups is 1.